The highest BCUT2D eigenvalue weighted by Crippen LogP contribution is 2.26. The molecule has 3 rings (SSSR count). The van der Waals surface area contributed by atoms with E-state index in [0.29, 0.717) is 26.1 Å². The number of hydrogen-bond donors (Lipinski definition) is 1. The van der Waals surface area contributed by atoms with Crippen molar-refractivity contribution in [2.75, 3.05) is 26.2 Å². The Bertz CT molecular complexity index is 557. The second kappa shape index (κ2) is 7.08. The van der Waals surface area contributed by atoms with Crippen LogP contribution in [0.25, 0.3) is 0 Å². The van der Waals surface area contributed by atoms with Crippen LogP contribution in [0, 0.1) is 11.8 Å². The third-order valence-corrected chi connectivity index (χ3v) is 4.80. The number of carbonyl (C=O) groups is 2. The van der Waals surface area contributed by atoms with Crippen LogP contribution in [0.15, 0.2) is 24.5 Å². The highest BCUT2D eigenvalue weighted by atomic mass is 16.4. The summed E-state index contributed by atoms with van der Waals surface area (Å²) >= 11 is 0. The number of carbonyl (C=O) groups excluding carboxylic acids is 1. The molecule has 1 amide bonds. The lowest BCUT2D eigenvalue weighted by Gasteiger charge is -2.37. The summed E-state index contributed by atoms with van der Waals surface area (Å²) in [5.74, 6) is -1.34. The molecule has 2 aliphatic heterocycles. The average Bonchev–Trinajstić information content (AvgIpc) is 3.09. The third kappa shape index (κ3) is 3.88. The number of nitrogens with zero attached hydrogens (tertiary/aromatic N) is 3. The number of carboxylic acids is 1. The van der Waals surface area contributed by atoms with Crippen LogP contribution in [0.3, 0.4) is 0 Å². The standard InChI is InChI=1S/C17H23N3O3/c21-16(20-7-1-2-8-20)14-9-15(17(22)23)12-19(11-14)10-13-3-5-18-6-4-13/h3-6,14-15H,1-2,7-12H2,(H,22,23)/t14-,15-/m0/s1. The molecule has 0 radical (unpaired) electrons. The molecule has 3 heterocycles. The monoisotopic (exact) mass is 317 g/mol. The second-order valence-electron chi connectivity index (χ2n) is 6.55. The molecule has 0 aliphatic carbocycles. The summed E-state index contributed by atoms with van der Waals surface area (Å²) in [6.07, 6.45) is 6.04. The molecule has 6 nitrogen and oxygen atoms in total. The van der Waals surface area contributed by atoms with E-state index in [1.807, 2.05) is 17.0 Å². The minimum absolute atomic E-state index is 0.133. The highest BCUT2D eigenvalue weighted by Gasteiger charge is 2.37. The fourth-order valence-electron chi connectivity index (χ4n) is 3.62. The van der Waals surface area contributed by atoms with Gasteiger partial charge in [0, 0.05) is 45.1 Å². The van der Waals surface area contributed by atoms with Gasteiger partial charge in [-0.05, 0) is 37.0 Å². The van der Waals surface area contributed by atoms with Crippen LogP contribution in [0.1, 0.15) is 24.8 Å². The molecule has 2 aliphatic rings. The fraction of sp³-hybridized carbons (Fsp3) is 0.588. The number of aromatic nitrogens is 1. The van der Waals surface area contributed by atoms with E-state index in [0.717, 1.165) is 31.5 Å². The van der Waals surface area contributed by atoms with Gasteiger partial charge in [0.25, 0.3) is 0 Å². The number of carboxylic acid groups (broad SMARTS) is 1. The Balaban J connectivity index is 1.70. The van der Waals surface area contributed by atoms with Crippen LogP contribution in [0.4, 0.5) is 0 Å². The lowest BCUT2D eigenvalue weighted by atomic mass is 9.88. The predicted octanol–water partition coefficient (Wildman–Crippen LogP) is 1.23. The molecule has 23 heavy (non-hydrogen) atoms. The summed E-state index contributed by atoms with van der Waals surface area (Å²) in [4.78, 5) is 32.1. The van der Waals surface area contributed by atoms with E-state index in [1.54, 1.807) is 12.4 Å². The first kappa shape index (κ1) is 15.9. The first-order chi connectivity index (χ1) is 11.1. The number of amides is 1. The van der Waals surface area contributed by atoms with Gasteiger partial charge >= 0.3 is 5.97 Å². The Morgan fingerprint density at radius 1 is 1.13 bits per heavy atom. The smallest absolute Gasteiger partial charge is 0.307 e. The summed E-state index contributed by atoms with van der Waals surface area (Å²) in [6, 6.07) is 3.86. The Labute approximate surface area is 136 Å². The molecule has 6 heteroatoms. The van der Waals surface area contributed by atoms with E-state index in [2.05, 4.69) is 9.88 Å². The quantitative estimate of drug-likeness (QED) is 0.904. The molecule has 0 spiro atoms. The van der Waals surface area contributed by atoms with Gasteiger partial charge in [0.2, 0.25) is 5.91 Å². The first-order valence-electron chi connectivity index (χ1n) is 8.26. The van der Waals surface area contributed by atoms with Crippen molar-refractivity contribution in [1.82, 2.24) is 14.8 Å². The molecule has 0 aromatic carbocycles. The molecule has 0 saturated carbocycles. The number of likely N-dealkylation sites (tertiary alicyclic amines) is 2. The number of hydrogen-bond acceptors (Lipinski definition) is 4. The maximum atomic E-state index is 12.7. The Morgan fingerprint density at radius 2 is 1.78 bits per heavy atom. The molecular weight excluding hydrogens is 294 g/mol. The van der Waals surface area contributed by atoms with Crippen LogP contribution in [-0.2, 0) is 16.1 Å². The van der Waals surface area contributed by atoms with Gasteiger partial charge in [0.05, 0.1) is 11.8 Å². The zero-order chi connectivity index (χ0) is 16.2. The first-order valence-corrected chi connectivity index (χ1v) is 8.26. The third-order valence-electron chi connectivity index (χ3n) is 4.80. The normalized spacial score (nSPS) is 25.5. The van der Waals surface area contributed by atoms with Crippen molar-refractivity contribution in [2.45, 2.75) is 25.8 Å². The summed E-state index contributed by atoms with van der Waals surface area (Å²) in [6.45, 7) is 3.44. The largest absolute Gasteiger partial charge is 0.481 e. The van der Waals surface area contributed by atoms with Crippen LogP contribution in [-0.4, -0.2) is 57.9 Å². The maximum Gasteiger partial charge on any atom is 0.307 e. The average molecular weight is 317 g/mol. The molecular formula is C17H23N3O3. The number of rotatable bonds is 4. The Hall–Kier alpha value is -1.95. The van der Waals surface area contributed by atoms with Crippen molar-refractivity contribution in [3.8, 4) is 0 Å². The van der Waals surface area contributed by atoms with Crippen LogP contribution in [0.2, 0.25) is 0 Å². The fourth-order valence-corrected chi connectivity index (χ4v) is 3.62. The van der Waals surface area contributed by atoms with Gasteiger partial charge in [-0.3, -0.25) is 19.5 Å². The SMILES string of the molecule is O=C(O)[C@H]1C[C@H](C(=O)N2CCCC2)CN(Cc2ccncc2)C1. The zero-order valence-electron chi connectivity index (χ0n) is 13.2. The molecule has 0 unspecified atom stereocenters. The molecule has 1 N–H and O–H groups in total. The molecule has 2 atom stereocenters. The van der Waals surface area contributed by atoms with E-state index in [-0.39, 0.29) is 11.8 Å². The zero-order valence-corrected chi connectivity index (χ0v) is 13.2. The molecule has 2 saturated heterocycles. The minimum Gasteiger partial charge on any atom is -0.481 e. The van der Waals surface area contributed by atoms with Gasteiger partial charge in [0.1, 0.15) is 0 Å². The van der Waals surface area contributed by atoms with Gasteiger partial charge in [-0.1, -0.05) is 0 Å². The predicted molar refractivity (Wildman–Crippen MR) is 84.6 cm³/mol. The topological polar surface area (TPSA) is 73.7 Å². The summed E-state index contributed by atoms with van der Waals surface area (Å²) in [5.41, 5.74) is 1.10. The van der Waals surface area contributed by atoms with Gasteiger partial charge in [-0.25, -0.2) is 0 Å². The van der Waals surface area contributed by atoms with E-state index in [4.69, 9.17) is 0 Å². The number of aliphatic carboxylic acids is 1. The maximum absolute atomic E-state index is 12.7. The van der Waals surface area contributed by atoms with Crippen molar-refractivity contribution in [2.24, 2.45) is 11.8 Å². The van der Waals surface area contributed by atoms with Crippen molar-refractivity contribution in [1.29, 1.82) is 0 Å². The Kier molecular flexibility index (Phi) is 4.91. The molecule has 1 aromatic heterocycles. The van der Waals surface area contributed by atoms with Crippen LogP contribution in [0.5, 0.6) is 0 Å². The van der Waals surface area contributed by atoms with E-state index >= 15 is 0 Å². The van der Waals surface area contributed by atoms with E-state index in [9.17, 15) is 14.7 Å². The highest BCUT2D eigenvalue weighted by molar-refractivity contribution is 5.80. The van der Waals surface area contributed by atoms with Crippen molar-refractivity contribution >= 4 is 11.9 Å². The van der Waals surface area contributed by atoms with Gasteiger partial charge < -0.3 is 10.0 Å². The summed E-state index contributed by atoms with van der Waals surface area (Å²) < 4.78 is 0. The van der Waals surface area contributed by atoms with Crippen LogP contribution < -0.4 is 0 Å². The van der Waals surface area contributed by atoms with Gasteiger partial charge in [-0.2, -0.15) is 0 Å². The number of piperidine rings is 1. The van der Waals surface area contributed by atoms with Gasteiger partial charge in [0.15, 0.2) is 0 Å². The molecule has 0 bridgehead atoms. The van der Waals surface area contributed by atoms with E-state index in [1.165, 1.54) is 0 Å². The summed E-state index contributed by atoms with van der Waals surface area (Å²) in [5, 5.41) is 9.43. The van der Waals surface area contributed by atoms with Crippen molar-refractivity contribution in [3.63, 3.8) is 0 Å². The van der Waals surface area contributed by atoms with Crippen LogP contribution >= 0.6 is 0 Å². The lowest BCUT2D eigenvalue weighted by molar-refractivity contribution is -0.147. The van der Waals surface area contributed by atoms with E-state index < -0.39 is 11.9 Å². The lowest BCUT2D eigenvalue weighted by Crippen LogP contribution is -2.48. The Morgan fingerprint density at radius 3 is 2.43 bits per heavy atom. The van der Waals surface area contributed by atoms with Crippen molar-refractivity contribution < 1.29 is 14.7 Å². The summed E-state index contributed by atoms with van der Waals surface area (Å²) in [7, 11) is 0. The van der Waals surface area contributed by atoms with Gasteiger partial charge in [-0.15, -0.1) is 0 Å². The molecule has 124 valence electrons. The molecule has 2 fully saturated rings. The number of pyridine rings is 1. The van der Waals surface area contributed by atoms with Crippen molar-refractivity contribution in [3.05, 3.63) is 30.1 Å². The minimum atomic E-state index is -0.802. The molecule has 1 aromatic rings. The second-order valence-corrected chi connectivity index (χ2v) is 6.55.